The SMILES string of the molecule is O=C(O)C1=CC[C@H]2C=C[C@@H]1O2. The van der Waals surface area contributed by atoms with Crippen LogP contribution in [0, 0.1) is 0 Å². The molecule has 1 N–H and O–H groups in total. The van der Waals surface area contributed by atoms with Crippen LogP contribution in [0.3, 0.4) is 0 Å². The largest absolute Gasteiger partial charge is 0.478 e. The fourth-order valence-corrected chi connectivity index (χ4v) is 1.38. The summed E-state index contributed by atoms with van der Waals surface area (Å²) in [7, 11) is 0. The van der Waals surface area contributed by atoms with Crippen LogP contribution in [-0.2, 0) is 9.53 Å². The molecule has 0 saturated carbocycles. The molecule has 2 bridgehead atoms. The van der Waals surface area contributed by atoms with E-state index in [2.05, 4.69) is 0 Å². The Morgan fingerprint density at radius 3 is 3.18 bits per heavy atom. The van der Waals surface area contributed by atoms with Crippen LogP contribution in [0.5, 0.6) is 0 Å². The average molecular weight is 152 g/mol. The highest BCUT2D eigenvalue weighted by molar-refractivity contribution is 5.88. The van der Waals surface area contributed by atoms with Crippen molar-refractivity contribution in [1.82, 2.24) is 0 Å². The van der Waals surface area contributed by atoms with E-state index in [1.54, 1.807) is 12.2 Å². The fourth-order valence-electron chi connectivity index (χ4n) is 1.38. The minimum atomic E-state index is -0.875. The van der Waals surface area contributed by atoms with Crippen LogP contribution in [0.25, 0.3) is 0 Å². The van der Waals surface area contributed by atoms with Crippen molar-refractivity contribution in [2.75, 3.05) is 0 Å². The molecule has 11 heavy (non-hydrogen) atoms. The van der Waals surface area contributed by atoms with Gasteiger partial charge in [-0.3, -0.25) is 0 Å². The molecule has 3 heteroatoms. The lowest BCUT2D eigenvalue weighted by molar-refractivity contribution is -0.134. The third-order valence-electron chi connectivity index (χ3n) is 1.95. The molecular formula is C8H8O3. The van der Waals surface area contributed by atoms with Crippen molar-refractivity contribution in [2.45, 2.75) is 18.6 Å². The third kappa shape index (κ3) is 0.973. The van der Waals surface area contributed by atoms with Crippen molar-refractivity contribution in [1.29, 1.82) is 0 Å². The maximum absolute atomic E-state index is 10.6. The van der Waals surface area contributed by atoms with Crippen LogP contribution in [0.4, 0.5) is 0 Å². The van der Waals surface area contributed by atoms with Gasteiger partial charge in [0, 0.05) is 0 Å². The Kier molecular flexibility index (Phi) is 1.32. The molecule has 2 aliphatic heterocycles. The molecule has 0 radical (unpaired) electrons. The molecule has 0 aromatic heterocycles. The number of hydrogen-bond donors (Lipinski definition) is 1. The first-order chi connectivity index (χ1) is 5.27. The van der Waals surface area contributed by atoms with Crippen molar-refractivity contribution >= 4 is 5.97 Å². The van der Waals surface area contributed by atoms with Gasteiger partial charge in [0.2, 0.25) is 0 Å². The number of rotatable bonds is 1. The van der Waals surface area contributed by atoms with Crippen LogP contribution in [0.1, 0.15) is 6.42 Å². The summed E-state index contributed by atoms with van der Waals surface area (Å²) in [4.78, 5) is 10.6. The number of fused-ring (bicyclic) bond motifs is 2. The number of aliphatic carboxylic acids is 1. The molecule has 0 aromatic rings. The highest BCUT2D eigenvalue weighted by atomic mass is 16.5. The summed E-state index contributed by atoms with van der Waals surface area (Å²) >= 11 is 0. The summed E-state index contributed by atoms with van der Waals surface area (Å²) in [5.74, 6) is -0.875. The third-order valence-corrected chi connectivity index (χ3v) is 1.95. The Balaban J connectivity index is 2.28. The minimum Gasteiger partial charge on any atom is -0.478 e. The molecule has 0 aliphatic carbocycles. The maximum Gasteiger partial charge on any atom is 0.334 e. The van der Waals surface area contributed by atoms with E-state index in [0.717, 1.165) is 0 Å². The van der Waals surface area contributed by atoms with E-state index in [4.69, 9.17) is 9.84 Å². The highest BCUT2D eigenvalue weighted by Crippen LogP contribution is 2.26. The number of carboxylic acids is 1. The lowest BCUT2D eigenvalue weighted by atomic mass is 10.1. The monoisotopic (exact) mass is 152 g/mol. The van der Waals surface area contributed by atoms with Gasteiger partial charge in [-0.25, -0.2) is 4.79 Å². The van der Waals surface area contributed by atoms with E-state index in [1.807, 2.05) is 6.08 Å². The fraction of sp³-hybridized carbons (Fsp3) is 0.375. The van der Waals surface area contributed by atoms with Gasteiger partial charge in [0.15, 0.2) is 0 Å². The van der Waals surface area contributed by atoms with E-state index < -0.39 is 5.97 Å². The standard InChI is InChI=1S/C8H8O3/c9-8(10)6-3-1-5-2-4-7(6)11-5/h2-5,7H,1H2,(H,9,10)/t5-,7-/m0/s1. The van der Waals surface area contributed by atoms with Gasteiger partial charge in [-0.2, -0.15) is 0 Å². The van der Waals surface area contributed by atoms with Crippen LogP contribution < -0.4 is 0 Å². The molecule has 3 nitrogen and oxygen atoms in total. The predicted octanol–water partition coefficient (Wildman–Crippen LogP) is 0.725. The Morgan fingerprint density at radius 1 is 1.64 bits per heavy atom. The molecule has 2 heterocycles. The predicted molar refractivity (Wildman–Crippen MR) is 38.1 cm³/mol. The van der Waals surface area contributed by atoms with Crippen molar-refractivity contribution in [3.63, 3.8) is 0 Å². The molecule has 2 aliphatic rings. The minimum absolute atomic E-state index is 0.114. The van der Waals surface area contributed by atoms with Gasteiger partial charge in [-0.05, 0) is 6.42 Å². The summed E-state index contributed by atoms with van der Waals surface area (Å²) in [6, 6.07) is 0. The molecule has 0 aromatic carbocycles. The molecule has 0 fully saturated rings. The topological polar surface area (TPSA) is 46.5 Å². The van der Waals surface area contributed by atoms with Gasteiger partial charge in [0.25, 0.3) is 0 Å². The summed E-state index contributed by atoms with van der Waals surface area (Å²) in [5, 5.41) is 8.68. The first kappa shape index (κ1) is 6.61. The van der Waals surface area contributed by atoms with Gasteiger partial charge in [-0.15, -0.1) is 0 Å². The Morgan fingerprint density at radius 2 is 2.45 bits per heavy atom. The van der Waals surface area contributed by atoms with E-state index in [-0.39, 0.29) is 12.2 Å². The first-order valence-corrected chi connectivity index (χ1v) is 3.54. The van der Waals surface area contributed by atoms with Crippen molar-refractivity contribution < 1.29 is 14.6 Å². The molecule has 0 spiro atoms. The average Bonchev–Trinajstić information content (AvgIpc) is 2.32. The summed E-state index contributed by atoms with van der Waals surface area (Å²) in [6.07, 6.45) is 5.96. The van der Waals surface area contributed by atoms with Gasteiger partial charge >= 0.3 is 5.97 Å². The zero-order valence-corrected chi connectivity index (χ0v) is 5.86. The molecule has 0 amide bonds. The highest BCUT2D eigenvalue weighted by Gasteiger charge is 2.29. The van der Waals surface area contributed by atoms with Crippen molar-refractivity contribution in [3.05, 3.63) is 23.8 Å². The lowest BCUT2D eigenvalue weighted by Gasteiger charge is -2.18. The lowest BCUT2D eigenvalue weighted by Crippen LogP contribution is -2.23. The number of carbonyl (C=O) groups is 1. The zero-order valence-electron chi connectivity index (χ0n) is 5.86. The second kappa shape index (κ2) is 2.20. The molecular weight excluding hydrogens is 144 g/mol. The second-order valence-electron chi connectivity index (χ2n) is 2.68. The van der Waals surface area contributed by atoms with E-state index in [1.165, 1.54) is 0 Å². The first-order valence-electron chi connectivity index (χ1n) is 3.54. The molecule has 0 saturated heterocycles. The normalized spacial score (nSPS) is 33.6. The van der Waals surface area contributed by atoms with Gasteiger partial charge in [-0.1, -0.05) is 18.2 Å². The smallest absolute Gasteiger partial charge is 0.334 e. The summed E-state index contributed by atoms with van der Waals surface area (Å²) in [6.45, 7) is 0. The summed E-state index contributed by atoms with van der Waals surface area (Å²) in [5.41, 5.74) is 0.370. The number of hydrogen-bond acceptors (Lipinski definition) is 2. The Labute approximate surface area is 64.0 Å². The van der Waals surface area contributed by atoms with E-state index in [0.29, 0.717) is 12.0 Å². The molecule has 2 rings (SSSR count). The van der Waals surface area contributed by atoms with Crippen LogP contribution in [0.2, 0.25) is 0 Å². The number of carboxylic acid groups (broad SMARTS) is 1. The molecule has 2 atom stereocenters. The van der Waals surface area contributed by atoms with Gasteiger partial charge < -0.3 is 9.84 Å². The van der Waals surface area contributed by atoms with Gasteiger partial charge in [0.05, 0.1) is 11.7 Å². The molecule has 0 unspecified atom stereocenters. The van der Waals surface area contributed by atoms with Crippen molar-refractivity contribution in [3.8, 4) is 0 Å². The van der Waals surface area contributed by atoms with Crippen LogP contribution in [-0.4, -0.2) is 23.3 Å². The van der Waals surface area contributed by atoms with Crippen LogP contribution in [0.15, 0.2) is 23.8 Å². The molecule has 58 valence electrons. The quantitative estimate of drug-likeness (QED) is 0.563. The number of ether oxygens (including phenoxy) is 1. The second-order valence-corrected chi connectivity index (χ2v) is 2.68. The van der Waals surface area contributed by atoms with Gasteiger partial charge in [0.1, 0.15) is 6.10 Å². The Hall–Kier alpha value is -1.09. The zero-order chi connectivity index (χ0) is 7.84. The van der Waals surface area contributed by atoms with E-state index in [9.17, 15) is 4.79 Å². The summed E-state index contributed by atoms with van der Waals surface area (Å²) < 4.78 is 5.31. The van der Waals surface area contributed by atoms with Crippen LogP contribution >= 0.6 is 0 Å². The van der Waals surface area contributed by atoms with E-state index >= 15 is 0 Å². The Bertz CT molecular complexity index is 252. The van der Waals surface area contributed by atoms with Crippen molar-refractivity contribution in [2.24, 2.45) is 0 Å². The maximum atomic E-state index is 10.6.